The highest BCUT2D eigenvalue weighted by Gasteiger charge is 2.25. The fourth-order valence-electron chi connectivity index (χ4n) is 1.41. The summed E-state index contributed by atoms with van der Waals surface area (Å²) < 4.78 is 24.2. The summed E-state index contributed by atoms with van der Waals surface area (Å²) >= 11 is 0. The van der Waals surface area contributed by atoms with Crippen molar-refractivity contribution >= 4 is 15.9 Å². The second-order valence-electron chi connectivity index (χ2n) is 3.18. The van der Waals surface area contributed by atoms with Gasteiger partial charge in [-0.3, -0.25) is 4.79 Å². The number of hydrogen-bond acceptors (Lipinski definition) is 3. The van der Waals surface area contributed by atoms with Crippen LogP contribution in [0.15, 0.2) is 0 Å². The summed E-state index contributed by atoms with van der Waals surface area (Å²) in [7, 11) is -3.42. The molecule has 0 aromatic rings. The molecule has 0 radical (unpaired) electrons. The maximum absolute atomic E-state index is 11.4. The van der Waals surface area contributed by atoms with Crippen LogP contribution in [0.3, 0.4) is 0 Å². The van der Waals surface area contributed by atoms with E-state index in [0.29, 0.717) is 13.1 Å². The van der Waals surface area contributed by atoms with Gasteiger partial charge in [-0.15, -0.1) is 0 Å². The molecule has 5 nitrogen and oxygen atoms in total. The van der Waals surface area contributed by atoms with Crippen molar-refractivity contribution < 1.29 is 13.2 Å². The molecular weight excluding hydrogens is 192 g/mol. The minimum absolute atomic E-state index is 0.523. The molecule has 1 aliphatic heterocycles. The van der Waals surface area contributed by atoms with Gasteiger partial charge < -0.3 is 5.73 Å². The van der Waals surface area contributed by atoms with E-state index in [1.807, 2.05) is 0 Å². The van der Waals surface area contributed by atoms with Crippen LogP contribution in [-0.4, -0.2) is 37.5 Å². The largest absolute Gasteiger partial charge is 0.369 e. The molecule has 1 amide bonds. The Morgan fingerprint density at radius 3 is 2.23 bits per heavy atom. The molecule has 1 aliphatic rings. The van der Waals surface area contributed by atoms with Crippen LogP contribution in [0.25, 0.3) is 0 Å². The van der Waals surface area contributed by atoms with Gasteiger partial charge in [0.25, 0.3) is 0 Å². The van der Waals surface area contributed by atoms with Gasteiger partial charge in [-0.2, -0.15) is 0 Å². The van der Waals surface area contributed by atoms with E-state index in [1.165, 1.54) is 4.31 Å². The van der Waals surface area contributed by atoms with Gasteiger partial charge in [-0.25, -0.2) is 12.7 Å². The molecule has 0 bridgehead atoms. The highest BCUT2D eigenvalue weighted by Crippen LogP contribution is 2.12. The van der Waals surface area contributed by atoms with Crippen LogP contribution < -0.4 is 5.73 Å². The summed E-state index contributed by atoms with van der Waals surface area (Å²) in [5.41, 5.74) is 4.84. The Kier molecular flexibility index (Phi) is 3.27. The van der Waals surface area contributed by atoms with Crippen molar-refractivity contribution in [2.75, 3.05) is 18.8 Å². The van der Waals surface area contributed by atoms with Crippen LogP contribution in [0.5, 0.6) is 0 Å². The number of amides is 1. The molecule has 0 aromatic carbocycles. The van der Waals surface area contributed by atoms with Gasteiger partial charge in [-0.05, 0) is 12.8 Å². The first-order valence-electron chi connectivity index (χ1n) is 4.28. The molecular formula is C7H14N2O3S. The zero-order valence-electron chi connectivity index (χ0n) is 7.40. The summed E-state index contributed by atoms with van der Waals surface area (Å²) in [6.45, 7) is 1.05. The Labute approximate surface area is 77.9 Å². The molecule has 1 heterocycles. The van der Waals surface area contributed by atoms with Gasteiger partial charge in [0.2, 0.25) is 15.9 Å². The summed E-state index contributed by atoms with van der Waals surface area (Å²) in [4.78, 5) is 10.5. The van der Waals surface area contributed by atoms with E-state index in [1.54, 1.807) is 0 Å². The zero-order valence-corrected chi connectivity index (χ0v) is 8.22. The summed E-state index contributed by atoms with van der Waals surface area (Å²) in [5, 5.41) is 0. The normalized spacial score (nSPS) is 20.0. The Morgan fingerprint density at radius 2 is 1.77 bits per heavy atom. The van der Waals surface area contributed by atoms with Crippen molar-refractivity contribution in [2.24, 2.45) is 5.73 Å². The molecule has 0 aromatic heterocycles. The van der Waals surface area contributed by atoms with Crippen LogP contribution >= 0.6 is 0 Å². The third-order valence-corrected chi connectivity index (χ3v) is 3.83. The van der Waals surface area contributed by atoms with Gasteiger partial charge in [0, 0.05) is 13.1 Å². The monoisotopic (exact) mass is 206 g/mol. The fourth-order valence-corrected chi connectivity index (χ4v) is 2.77. The van der Waals surface area contributed by atoms with Crippen LogP contribution in [0.2, 0.25) is 0 Å². The predicted molar refractivity (Wildman–Crippen MR) is 48.4 cm³/mol. The fraction of sp³-hybridized carbons (Fsp3) is 0.857. The van der Waals surface area contributed by atoms with E-state index in [2.05, 4.69) is 0 Å². The van der Waals surface area contributed by atoms with Crippen molar-refractivity contribution in [1.29, 1.82) is 0 Å². The molecule has 1 fully saturated rings. The van der Waals surface area contributed by atoms with E-state index < -0.39 is 21.7 Å². The number of nitrogens with two attached hydrogens (primary N) is 1. The number of hydrogen-bond donors (Lipinski definition) is 1. The highest BCUT2D eigenvalue weighted by atomic mass is 32.2. The third kappa shape index (κ3) is 2.96. The molecule has 0 aliphatic carbocycles. The highest BCUT2D eigenvalue weighted by molar-refractivity contribution is 7.89. The van der Waals surface area contributed by atoms with Gasteiger partial charge in [0.1, 0.15) is 5.75 Å². The van der Waals surface area contributed by atoms with E-state index in [0.717, 1.165) is 19.3 Å². The summed E-state index contributed by atoms with van der Waals surface area (Å²) in [5.74, 6) is -1.35. The molecule has 1 rings (SSSR count). The lowest BCUT2D eigenvalue weighted by atomic mass is 10.2. The number of carbonyl (C=O) groups excluding carboxylic acids is 1. The van der Waals surface area contributed by atoms with E-state index in [4.69, 9.17) is 5.73 Å². The number of carbonyl (C=O) groups is 1. The molecule has 0 saturated carbocycles. The molecule has 6 heteroatoms. The Morgan fingerprint density at radius 1 is 1.23 bits per heavy atom. The standard InChI is InChI=1S/C7H14N2O3S/c8-7(10)6-13(11,12)9-4-2-1-3-5-9/h1-6H2,(H2,8,10). The second-order valence-corrected chi connectivity index (χ2v) is 5.15. The zero-order chi connectivity index (χ0) is 9.90. The molecule has 0 atom stereocenters. The minimum atomic E-state index is -3.42. The van der Waals surface area contributed by atoms with Crippen molar-refractivity contribution in [2.45, 2.75) is 19.3 Å². The number of rotatable bonds is 3. The first-order valence-corrected chi connectivity index (χ1v) is 5.89. The van der Waals surface area contributed by atoms with E-state index in [-0.39, 0.29) is 0 Å². The molecule has 0 spiro atoms. The van der Waals surface area contributed by atoms with E-state index in [9.17, 15) is 13.2 Å². The molecule has 0 unspecified atom stereocenters. The molecule has 2 N–H and O–H groups in total. The Hall–Kier alpha value is -0.620. The van der Waals surface area contributed by atoms with Gasteiger partial charge in [0.05, 0.1) is 0 Å². The second kappa shape index (κ2) is 4.06. The number of nitrogens with zero attached hydrogens (tertiary/aromatic N) is 1. The molecule has 13 heavy (non-hydrogen) atoms. The maximum Gasteiger partial charge on any atom is 0.234 e. The van der Waals surface area contributed by atoms with Crippen molar-refractivity contribution in [3.8, 4) is 0 Å². The van der Waals surface area contributed by atoms with Crippen LogP contribution in [-0.2, 0) is 14.8 Å². The average Bonchev–Trinajstić information content (AvgIpc) is 2.04. The lowest BCUT2D eigenvalue weighted by Gasteiger charge is -2.25. The number of sulfonamides is 1. The first-order chi connectivity index (χ1) is 6.02. The van der Waals surface area contributed by atoms with Crippen molar-refractivity contribution in [3.63, 3.8) is 0 Å². The average molecular weight is 206 g/mol. The third-order valence-electron chi connectivity index (χ3n) is 2.03. The molecule has 76 valence electrons. The van der Waals surface area contributed by atoms with Gasteiger partial charge in [-0.1, -0.05) is 6.42 Å². The lowest BCUT2D eigenvalue weighted by molar-refractivity contribution is -0.115. The SMILES string of the molecule is NC(=O)CS(=O)(=O)N1CCCCC1. The van der Waals surface area contributed by atoms with Crippen LogP contribution in [0, 0.1) is 0 Å². The summed E-state index contributed by atoms with van der Waals surface area (Å²) in [6.07, 6.45) is 2.80. The Balaban J connectivity index is 2.62. The van der Waals surface area contributed by atoms with Gasteiger partial charge >= 0.3 is 0 Å². The number of piperidine rings is 1. The quantitative estimate of drug-likeness (QED) is 0.662. The molecule has 1 saturated heterocycles. The topological polar surface area (TPSA) is 80.5 Å². The predicted octanol–water partition coefficient (Wildman–Crippen LogP) is -0.713. The summed E-state index contributed by atoms with van der Waals surface area (Å²) in [6, 6.07) is 0. The minimum Gasteiger partial charge on any atom is -0.369 e. The van der Waals surface area contributed by atoms with Crippen LogP contribution in [0.1, 0.15) is 19.3 Å². The van der Waals surface area contributed by atoms with E-state index >= 15 is 0 Å². The number of primary amides is 1. The lowest BCUT2D eigenvalue weighted by Crippen LogP contribution is -2.40. The van der Waals surface area contributed by atoms with Crippen molar-refractivity contribution in [3.05, 3.63) is 0 Å². The van der Waals surface area contributed by atoms with Crippen LogP contribution in [0.4, 0.5) is 0 Å². The first kappa shape index (κ1) is 10.5. The van der Waals surface area contributed by atoms with Crippen molar-refractivity contribution in [1.82, 2.24) is 4.31 Å². The van der Waals surface area contributed by atoms with Gasteiger partial charge in [0.15, 0.2) is 0 Å². The smallest absolute Gasteiger partial charge is 0.234 e. The Bertz CT molecular complexity index is 280. The maximum atomic E-state index is 11.4.